The average Bonchev–Trinajstić information content (AvgIpc) is 2.82. The van der Waals surface area contributed by atoms with Crippen LogP contribution in [0.4, 0.5) is 22.7 Å². The SMILES string of the molecule is O=C(CCC(=O)N1CC(=O)Nc2ccccc21)Nc1ccc(NCc2ccccc2)c(Cl)c1. The average molecular weight is 463 g/mol. The fourth-order valence-electron chi connectivity index (χ4n) is 3.56. The van der Waals surface area contributed by atoms with E-state index in [1.165, 1.54) is 4.90 Å². The molecule has 7 nitrogen and oxygen atoms in total. The standard InChI is InChI=1S/C25H23ClN4O3/c26-19-14-18(10-11-20(19)27-15-17-6-2-1-3-7-17)28-23(31)12-13-25(33)30-16-24(32)29-21-8-4-5-9-22(21)30/h1-11,14,27H,12-13,15-16H2,(H,28,31)(H,29,32). The van der Waals surface area contributed by atoms with Crippen molar-refractivity contribution >= 4 is 52.1 Å². The van der Waals surface area contributed by atoms with Gasteiger partial charge in [-0.1, -0.05) is 54.1 Å². The minimum absolute atomic E-state index is 0.00918. The van der Waals surface area contributed by atoms with Gasteiger partial charge in [0.2, 0.25) is 17.7 Å². The van der Waals surface area contributed by atoms with Gasteiger partial charge in [-0.15, -0.1) is 0 Å². The summed E-state index contributed by atoms with van der Waals surface area (Å²) in [4.78, 5) is 38.4. The van der Waals surface area contributed by atoms with Gasteiger partial charge in [0, 0.05) is 25.1 Å². The summed E-state index contributed by atoms with van der Waals surface area (Å²) in [6.07, 6.45) is -0.0252. The second kappa shape index (κ2) is 10.2. The Labute approximate surface area is 196 Å². The molecule has 1 heterocycles. The van der Waals surface area contributed by atoms with E-state index in [4.69, 9.17) is 11.6 Å². The summed E-state index contributed by atoms with van der Waals surface area (Å²) in [5, 5.41) is 9.26. The van der Waals surface area contributed by atoms with E-state index in [0.29, 0.717) is 28.6 Å². The summed E-state index contributed by atoms with van der Waals surface area (Å²) >= 11 is 6.36. The van der Waals surface area contributed by atoms with Crippen molar-refractivity contribution < 1.29 is 14.4 Å². The molecular formula is C25H23ClN4O3. The van der Waals surface area contributed by atoms with Crippen molar-refractivity contribution in [2.45, 2.75) is 19.4 Å². The van der Waals surface area contributed by atoms with Gasteiger partial charge in [0.25, 0.3) is 0 Å². The Morgan fingerprint density at radius 1 is 0.970 bits per heavy atom. The topological polar surface area (TPSA) is 90.5 Å². The van der Waals surface area contributed by atoms with E-state index >= 15 is 0 Å². The van der Waals surface area contributed by atoms with Gasteiger partial charge in [-0.3, -0.25) is 14.4 Å². The summed E-state index contributed by atoms with van der Waals surface area (Å²) in [5.41, 5.74) is 3.65. The van der Waals surface area contributed by atoms with Crippen molar-refractivity contribution in [3.63, 3.8) is 0 Å². The molecule has 1 aliphatic heterocycles. The van der Waals surface area contributed by atoms with E-state index in [1.54, 1.807) is 42.5 Å². The Balaban J connectivity index is 1.30. The Kier molecular flexibility index (Phi) is 6.90. The van der Waals surface area contributed by atoms with E-state index in [1.807, 2.05) is 30.3 Å². The highest BCUT2D eigenvalue weighted by Gasteiger charge is 2.26. The van der Waals surface area contributed by atoms with Crippen molar-refractivity contribution in [3.05, 3.63) is 83.4 Å². The van der Waals surface area contributed by atoms with Crippen LogP contribution in [0.15, 0.2) is 72.8 Å². The van der Waals surface area contributed by atoms with Crippen molar-refractivity contribution in [3.8, 4) is 0 Å². The van der Waals surface area contributed by atoms with Gasteiger partial charge in [-0.25, -0.2) is 0 Å². The fourth-order valence-corrected chi connectivity index (χ4v) is 3.81. The quantitative estimate of drug-likeness (QED) is 0.476. The summed E-state index contributed by atoms with van der Waals surface area (Å²) in [6, 6.07) is 22.3. The van der Waals surface area contributed by atoms with Crippen LogP contribution in [0, 0.1) is 0 Å². The molecule has 3 aromatic rings. The first kappa shape index (κ1) is 22.4. The number of fused-ring (bicyclic) bond motifs is 1. The zero-order valence-corrected chi connectivity index (χ0v) is 18.6. The fraction of sp³-hybridized carbons (Fsp3) is 0.160. The van der Waals surface area contributed by atoms with Gasteiger partial charge in [-0.2, -0.15) is 0 Å². The number of anilines is 4. The molecule has 0 fully saturated rings. The summed E-state index contributed by atoms with van der Waals surface area (Å²) in [7, 11) is 0. The van der Waals surface area contributed by atoms with Crippen LogP contribution in [0.5, 0.6) is 0 Å². The lowest BCUT2D eigenvalue weighted by atomic mass is 10.1. The number of nitrogens with one attached hydrogen (secondary N) is 3. The van der Waals surface area contributed by atoms with Gasteiger partial charge >= 0.3 is 0 Å². The molecule has 8 heteroatoms. The van der Waals surface area contributed by atoms with Gasteiger partial charge in [0.05, 0.1) is 22.1 Å². The zero-order valence-electron chi connectivity index (χ0n) is 17.8. The first-order valence-corrected chi connectivity index (χ1v) is 10.9. The number of hydrogen-bond acceptors (Lipinski definition) is 4. The Hall–Kier alpha value is -3.84. The third kappa shape index (κ3) is 5.70. The Morgan fingerprint density at radius 2 is 1.73 bits per heavy atom. The highest BCUT2D eigenvalue weighted by Crippen LogP contribution is 2.30. The maximum Gasteiger partial charge on any atom is 0.244 e. The number of rotatable bonds is 7. The molecule has 0 aromatic heterocycles. The van der Waals surface area contributed by atoms with Crippen LogP contribution >= 0.6 is 11.6 Å². The van der Waals surface area contributed by atoms with Crippen molar-refractivity contribution in [2.75, 3.05) is 27.4 Å². The highest BCUT2D eigenvalue weighted by molar-refractivity contribution is 6.33. The third-order valence-corrected chi connectivity index (χ3v) is 5.53. The molecule has 33 heavy (non-hydrogen) atoms. The molecule has 3 amide bonds. The number of halogens is 1. The smallest absolute Gasteiger partial charge is 0.244 e. The van der Waals surface area contributed by atoms with Crippen LogP contribution < -0.4 is 20.9 Å². The minimum Gasteiger partial charge on any atom is -0.380 e. The molecule has 0 saturated carbocycles. The van der Waals surface area contributed by atoms with Crippen LogP contribution in [0.2, 0.25) is 5.02 Å². The molecule has 0 atom stereocenters. The Bertz CT molecular complexity index is 1180. The first-order chi connectivity index (χ1) is 16.0. The molecule has 0 bridgehead atoms. The highest BCUT2D eigenvalue weighted by atomic mass is 35.5. The van der Waals surface area contributed by atoms with Crippen LogP contribution in [-0.2, 0) is 20.9 Å². The predicted octanol–water partition coefficient (Wildman–Crippen LogP) is 4.66. The molecule has 1 aliphatic rings. The molecule has 168 valence electrons. The van der Waals surface area contributed by atoms with Crippen molar-refractivity contribution in [1.29, 1.82) is 0 Å². The lowest BCUT2D eigenvalue weighted by Crippen LogP contribution is -2.42. The van der Waals surface area contributed by atoms with Gasteiger partial charge in [0.1, 0.15) is 6.54 Å². The lowest BCUT2D eigenvalue weighted by Gasteiger charge is -2.29. The maximum atomic E-state index is 12.7. The molecule has 3 N–H and O–H groups in total. The van der Waals surface area contributed by atoms with Crippen molar-refractivity contribution in [2.24, 2.45) is 0 Å². The number of para-hydroxylation sites is 2. The third-order valence-electron chi connectivity index (χ3n) is 5.22. The molecular weight excluding hydrogens is 440 g/mol. The first-order valence-electron chi connectivity index (χ1n) is 10.6. The molecule has 0 radical (unpaired) electrons. The molecule has 0 unspecified atom stereocenters. The zero-order chi connectivity index (χ0) is 23.2. The normalized spacial score (nSPS) is 12.5. The second-order valence-electron chi connectivity index (χ2n) is 7.63. The van der Waals surface area contributed by atoms with Crippen LogP contribution in [0.1, 0.15) is 18.4 Å². The van der Waals surface area contributed by atoms with E-state index < -0.39 is 0 Å². The number of benzene rings is 3. The predicted molar refractivity (Wildman–Crippen MR) is 131 cm³/mol. The van der Waals surface area contributed by atoms with Crippen LogP contribution in [0.25, 0.3) is 0 Å². The van der Waals surface area contributed by atoms with Gasteiger partial charge in [-0.05, 0) is 35.9 Å². The van der Waals surface area contributed by atoms with Crippen molar-refractivity contribution in [1.82, 2.24) is 0 Å². The minimum atomic E-state index is -0.306. The molecule has 3 aromatic carbocycles. The number of hydrogen-bond donors (Lipinski definition) is 3. The van der Waals surface area contributed by atoms with Gasteiger partial charge in [0.15, 0.2) is 0 Å². The Morgan fingerprint density at radius 3 is 2.52 bits per heavy atom. The molecule has 0 aliphatic carbocycles. The summed E-state index contributed by atoms with van der Waals surface area (Å²) in [5.74, 6) is -0.854. The number of carbonyl (C=O) groups is 3. The summed E-state index contributed by atoms with van der Waals surface area (Å²) < 4.78 is 0. The van der Waals surface area contributed by atoms with Crippen LogP contribution in [0.3, 0.4) is 0 Å². The largest absolute Gasteiger partial charge is 0.380 e. The monoisotopic (exact) mass is 462 g/mol. The van der Waals surface area contributed by atoms with Gasteiger partial charge < -0.3 is 20.9 Å². The molecule has 4 rings (SSSR count). The number of nitrogens with zero attached hydrogens (tertiary/aromatic N) is 1. The van der Waals surface area contributed by atoms with E-state index in [-0.39, 0.29) is 37.1 Å². The molecule has 0 saturated heterocycles. The van der Waals surface area contributed by atoms with E-state index in [0.717, 1.165) is 11.3 Å². The second-order valence-corrected chi connectivity index (χ2v) is 8.03. The lowest BCUT2D eigenvalue weighted by molar-refractivity contribution is -0.124. The number of amides is 3. The van der Waals surface area contributed by atoms with Crippen LogP contribution in [-0.4, -0.2) is 24.3 Å². The number of carbonyl (C=O) groups excluding carboxylic acids is 3. The molecule has 0 spiro atoms. The van der Waals surface area contributed by atoms with E-state index in [9.17, 15) is 14.4 Å². The summed E-state index contributed by atoms with van der Waals surface area (Å²) in [6.45, 7) is 0.566. The van der Waals surface area contributed by atoms with E-state index in [2.05, 4.69) is 16.0 Å². The maximum absolute atomic E-state index is 12.7.